The van der Waals surface area contributed by atoms with Gasteiger partial charge in [0.1, 0.15) is 0 Å². The number of hydrogen-bond donors (Lipinski definition) is 1. The molecule has 1 aromatic rings. The Bertz CT molecular complexity index is 448. The Hall–Kier alpha value is -1.90. The summed E-state index contributed by atoms with van der Waals surface area (Å²) in [6, 6.07) is 0.855. The first kappa shape index (κ1) is 13.2. The van der Waals surface area contributed by atoms with Crippen molar-refractivity contribution in [2.45, 2.75) is 19.8 Å². The molecule has 0 radical (unpaired) electrons. The summed E-state index contributed by atoms with van der Waals surface area (Å²) >= 11 is 0. The van der Waals surface area contributed by atoms with Gasteiger partial charge in [0.15, 0.2) is 11.4 Å². The van der Waals surface area contributed by atoms with Crippen LogP contribution in [0.15, 0.2) is 6.07 Å². The smallest absolute Gasteiger partial charge is 0.401 e. The lowest BCUT2D eigenvalue weighted by Gasteiger charge is -2.12. The molecule has 0 spiro atoms. The van der Waals surface area contributed by atoms with Crippen LogP contribution in [0.5, 0.6) is 5.75 Å². The maximum absolute atomic E-state index is 12.1. The molecule has 94 valence electrons. The van der Waals surface area contributed by atoms with Crippen LogP contribution in [0.1, 0.15) is 11.3 Å². The molecule has 0 aliphatic rings. The van der Waals surface area contributed by atoms with Crippen LogP contribution >= 0.6 is 0 Å². The van der Waals surface area contributed by atoms with Gasteiger partial charge in [-0.15, -0.1) is 13.2 Å². The van der Waals surface area contributed by atoms with Crippen LogP contribution in [0.25, 0.3) is 0 Å². The molecule has 0 aliphatic heterocycles. The van der Waals surface area contributed by atoms with E-state index < -0.39 is 22.9 Å². The third-order valence-corrected chi connectivity index (χ3v) is 1.83. The number of aryl methyl sites for hydroxylation is 1. The minimum atomic E-state index is -4.90. The average molecular weight is 251 g/mol. The van der Waals surface area contributed by atoms with E-state index in [1.807, 2.05) is 0 Å². The van der Waals surface area contributed by atoms with Gasteiger partial charge in [0.25, 0.3) is 0 Å². The Balaban J connectivity index is 3.26. The van der Waals surface area contributed by atoms with Crippen molar-refractivity contribution in [2.75, 3.05) is 0 Å². The number of hydrogen-bond acceptors (Lipinski definition) is 5. The zero-order chi connectivity index (χ0) is 13.2. The predicted molar refractivity (Wildman–Crippen MR) is 50.2 cm³/mol. The molecule has 0 bridgehead atoms. The van der Waals surface area contributed by atoms with Gasteiger partial charge in [-0.2, -0.15) is 0 Å². The Morgan fingerprint density at radius 2 is 2.18 bits per heavy atom. The summed E-state index contributed by atoms with van der Waals surface area (Å²) in [5.74, 6) is -1.16. The molecular weight excluding hydrogens is 243 g/mol. The molecule has 0 aromatic carbocycles. The Kier molecular flexibility index (Phi) is 3.51. The van der Waals surface area contributed by atoms with Crippen LogP contribution in [-0.4, -0.2) is 16.3 Å². The molecule has 0 saturated heterocycles. The summed E-state index contributed by atoms with van der Waals surface area (Å²) in [5, 5.41) is 10.5. The van der Waals surface area contributed by atoms with Crippen molar-refractivity contribution in [1.29, 1.82) is 0 Å². The summed E-state index contributed by atoms with van der Waals surface area (Å²) in [7, 11) is 0. The number of nitrogens with zero attached hydrogens (tertiary/aromatic N) is 2. The predicted octanol–water partition coefficient (Wildman–Crippen LogP) is 1.66. The molecule has 0 atom stereocenters. The second kappa shape index (κ2) is 4.53. The highest BCUT2D eigenvalue weighted by Gasteiger charge is 2.34. The van der Waals surface area contributed by atoms with Crippen molar-refractivity contribution in [3.8, 4) is 5.75 Å². The monoisotopic (exact) mass is 251 g/mol. The standard InChI is InChI=1S/C8H8F3N3O3/c1-4-7(17-8(9,10)11)5(3-12)2-6(13-4)14(15)16/h2H,3,12H2,1H3. The summed E-state index contributed by atoms with van der Waals surface area (Å²) < 4.78 is 39.9. The van der Waals surface area contributed by atoms with Gasteiger partial charge in [0, 0.05) is 25.1 Å². The van der Waals surface area contributed by atoms with E-state index in [2.05, 4.69) is 9.72 Å². The van der Waals surface area contributed by atoms with Crippen molar-refractivity contribution in [2.24, 2.45) is 5.73 Å². The summed E-state index contributed by atoms with van der Waals surface area (Å²) in [6.07, 6.45) is -4.90. The van der Waals surface area contributed by atoms with Crippen molar-refractivity contribution >= 4 is 5.82 Å². The second-order valence-electron chi connectivity index (χ2n) is 3.06. The maximum Gasteiger partial charge on any atom is 0.573 e. The summed E-state index contributed by atoms with van der Waals surface area (Å²) in [6.45, 7) is 0.850. The highest BCUT2D eigenvalue weighted by atomic mass is 19.4. The Labute approximate surface area is 93.3 Å². The van der Waals surface area contributed by atoms with Crippen LogP contribution < -0.4 is 10.5 Å². The normalized spacial score (nSPS) is 11.4. The van der Waals surface area contributed by atoms with E-state index in [9.17, 15) is 23.3 Å². The van der Waals surface area contributed by atoms with Gasteiger partial charge < -0.3 is 20.6 Å². The van der Waals surface area contributed by atoms with Crippen LogP contribution in [0.2, 0.25) is 0 Å². The maximum atomic E-state index is 12.1. The van der Waals surface area contributed by atoms with Crippen molar-refractivity contribution in [1.82, 2.24) is 4.98 Å². The lowest BCUT2D eigenvalue weighted by molar-refractivity contribution is -0.389. The molecule has 1 rings (SSSR count). The van der Waals surface area contributed by atoms with Crippen LogP contribution in [0.3, 0.4) is 0 Å². The first-order valence-corrected chi connectivity index (χ1v) is 4.35. The van der Waals surface area contributed by atoms with Gasteiger partial charge in [-0.25, -0.2) is 0 Å². The quantitative estimate of drug-likeness (QED) is 0.651. The minimum Gasteiger partial charge on any atom is -0.401 e. The fourth-order valence-electron chi connectivity index (χ4n) is 1.21. The highest BCUT2D eigenvalue weighted by molar-refractivity contribution is 5.42. The molecule has 9 heteroatoms. The third kappa shape index (κ3) is 3.28. The van der Waals surface area contributed by atoms with E-state index in [0.717, 1.165) is 6.07 Å². The topological polar surface area (TPSA) is 91.3 Å². The lowest BCUT2D eigenvalue weighted by atomic mass is 10.2. The second-order valence-corrected chi connectivity index (χ2v) is 3.06. The van der Waals surface area contributed by atoms with E-state index in [0.29, 0.717) is 0 Å². The van der Waals surface area contributed by atoms with E-state index in [1.165, 1.54) is 6.92 Å². The largest absolute Gasteiger partial charge is 0.573 e. The molecule has 17 heavy (non-hydrogen) atoms. The molecule has 0 fully saturated rings. The number of rotatable bonds is 3. The first-order valence-electron chi connectivity index (χ1n) is 4.35. The summed E-state index contributed by atoms with van der Waals surface area (Å²) in [4.78, 5) is 13.0. The molecule has 0 unspecified atom stereocenters. The number of aromatic nitrogens is 1. The SMILES string of the molecule is Cc1nc([N+](=O)[O-])cc(CN)c1OC(F)(F)F. The molecule has 0 aliphatic carbocycles. The first-order chi connectivity index (χ1) is 7.74. The van der Waals surface area contributed by atoms with Crippen LogP contribution in [0, 0.1) is 17.0 Å². The highest BCUT2D eigenvalue weighted by Crippen LogP contribution is 2.30. The fraction of sp³-hybridized carbons (Fsp3) is 0.375. The van der Waals surface area contributed by atoms with Crippen LogP contribution in [-0.2, 0) is 6.54 Å². The van der Waals surface area contributed by atoms with E-state index >= 15 is 0 Å². The van der Waals surface area contributed by atoms with Crippen molar-refractivity contribution in [3.05, 3.63) is 27.4 Å². The number of halogens is 3. The van der Waals surface area contributed by atoms with Gasteiger partial charge in [-0.05, 0) is 9.91 Å². The zero-order valence-electron chi connectivity index (χ0n) is 8.61. The van der Waals surface area contributed by atoms with Gasteiger partial charge in [0.05, 0.1) is 0 Å². The molecule has 0 saturated carbocycles. The van der Waals surface area contributed by atoms with Gasteiger partial charge in [-0.3, -0.25) is 0 Å². The zero-order valence-corrected chi connectivity index (χ0v) is 8.61. The Morgan fingerprint density at radius 1 is 1.59 bits per heavy atom. The number of pyridine rings is 1. The summed E-state index contributed by atoms with van der Waals surface area (Å²) in [5.41, 5.74) is 4.85. The lowest BCUT2D eigenvalue weighted by Crippen LogP contribution is -2.20. The molecule has 6 nitrogen and oxygen atoms in total. The van der Waals surface area contributed by atoms with Crippen molar-refractivity contribution in [3.63, 3.8) is 0 Å². The molecule has 0 amide bonds. The van der Waals surface area contributed by atoms with Gasteiger partial charge >= 0.3 is 12.2 Å². The molecule has 1 aromatic heterocycles. The average Bonchev–Trinajstić information content (AvgIpc) is 2.18. The minimum absolute atomic E-state index is 0.124. The fourth-order valence-corrected chi connectivity index (χ4v) is 1.21. The van der Waals surface area contributed by atoms with Crippen LogP contribution in [0.4, 0.5) is 19.0 Å². The number of ether oxygens (including phenoxy) is 1. The molecule has 1 heterocycles. The van der Waals surface area contributed by atoms with Gasteiger partial charge in [-0.1, -0.05) is 0 Å². The van der Waals surface area contributed by atoms with E-state index in [1.54, 1.807) is 0 Å². The third-order valence-electron chi connectivity index (χ3n) is 1.83. The number of nitrogens with two attached hydrogens (primary N) is 1. The number of nitro groups is 1. The molecular formula is C8H8F3N3O3. The number of alkyl halides is 3. The van der Waals surface area contributed by atoms with E-state index in [-0.39, 0.29) is 17.8 Å². The molecule has 2 N–H and O–H groups in total. The van der Waals surface area contributed by atoms with Crippen molar-refractivity contribution < 1.29 is 22.8 Å². The van der Waals surface area contributed by atoms with E-state index in [4.69, 9.17) is 5.73 Å². The Morgan fingerprint density at radius 3 is 2.59 bits per heavy atom. The van der Waals surface area contributed by atoms with Gasteiger partial charge in [0.2, 0.25) is 0 Å².